The Balaban J connectivity index is 1.57. The highest BCUT2D eigenvalue weighted by molar-refractivity contribution is 5.57. The van der Waals surface area contributed by atoms with Crippen molar-refractivity contribution >= 4 is 22.7 Å². The number of nitro benzene ring substituents is 2. The van der Waals surface area contributed by atoms with Crippen LogP contribution in [0.1, 0.15) is 39.0 Å². The van der Waals surface area contributed by atoms with Crippen LogP contribution in [-0.4, -0.2) is 32.3 Å². The Morgan fingerprint density at radius 1 is 1.00 bits per heavy atom. The van der Waals surface area contributed by atoms with Gasteiger partial charge in [0.15, 0.2) is 5.72 Å². The average molecular weight is 438 g/mol. The first-order valence-electron chi connectivity index (χ1n) is 10.6. The number of rotatable bonds is 4. The normalized spacial score (nSPS) is 28.8. The van der Waals surface area contributed by atoms with Crippen LogP contribution >= 0.6 is 0 Å². The number of nitrogens with zero attached hydrogens (tertiary/aromatic N) is 6. The van der Waals surface area contributed by atoms with Gasteiger partial charge in [0, 0.05) is 42.1 Å². The van der Waals surface area contributed by atoms with Gasteiger partial charge in [-0.3, -0.25) is 20.2 Å². The van der Waals surface area contributed by atoms with E-state index < -0.39 is 21.2 Å². The summed E-state index contributed by atoms with van der Waals surface area (Å²) in [4.78, 5) is 24.8. The van der Waals surface area contributed by atoms with E-state index in [1.807, 2.05) is 6.92 Å². The Labute approximate surface area is 183 Å². The van der Waals surface area contributed by atoms with Gasteiger partial charge in [-0.05, 0) is 31.9 Å². The fourth-order valence-electron chi connectivity index (χ4n) is 5.05. The van der Waals surface area contributed by atoms with E-state index in [4.69, 9.17) is 15.3 Å². The van der Waals surface area contributed by atoms with Gasteiger partial charge in [-0.25, -0.2) is 0 Å². The number of azo groups is 1. The monoisotopic (exact) mass is 438 g/mol. The van der Waals surface area contributed by atoms with Gasteiger partial charge >= 0.3 is 0 Å². The molecule has 0 amide bonds. The molecule has 0 aromatic heterocycles. The number of anilines is 1. The Hall–Kier alpha value is -3.60. The molecule has 1 saturated carbocycles. The summed E-state index contributed by atoms with van der Waals surface area (Å²) in [6, 6.07) is 12.5. The first-order valence-corrected chi connectivity index (χ1v) is 10.6. The number of non-ortho nitro benzene ring substituents is 2. The maximum atomic E-state index is 11.1. The van der Waals surface area contributed by atoms with Gasteiger partial charge in [0.2, 0.25) is 5.69 Å². The Morgan fingerprint density at radius 3 is 2.22 bits per heavy atom. The van der Waals surface area contributed by atoms with Crippen LogP contribution in [0.25, 0.3) is 5.43 Å². The minimum atomic E-state index is -0.896. The Morgan fingerprint density at radius 2 is 1.59 bits per heavy atom. The molecule has 2 fully saturated rings. The summed E-state index contributed by atoms with van der Waals surface area (Å²) in [6.07, 6.45) is 3.98. The third-order valence-corrected chi connectivity index (χ3v) is 6.44. The summed E-state index contributed by atoms with van der Waals surface area (Å²) < 4.78 is 6.49. The molecule has 0 bridgehead atoms. The molecule has 3 atom stereocenters. The second-order valence-electron chi connectivity index (χ2n) is 8.29. The van der Waals surface area contributed by atoms with E-state index in [-0.39, 0.29) is 17.6 Å². The molecule has 32 heavy (non-hydrogen) atoms. The van der Waals surface area contributed by atoms with Crippen LogP contribution in [0.5, 0.6) is 0 Å². The Bertz CT molecular complexity index is 1100. The highest BCUT2D eigenvalue weighted by Gasteiger charge is 2.65. The number of ether oxygens (including phenoxy) is 1. The summed E-state index contributed by atoms with van der Waals surface area (Å²) in [5, 5.41) is 27.0. The third kappa shape index (κ3) is 2.92. The van der Waals surface area contributed by atoms with Crippen molar-refractivity contribution in [3.63, 3.8) is 0 Å². The van der Waals surface area contributed by atoms with Gasteiger partial charge in [-0.2, -0.15) is 10.5 Å². The van der Waals surface area contributed by atoms with E-state index >= 15 is 0 Å². The molecule has 3 aliphatic rings. The van der Waals surface area contributed by atoms with Gasteiger partial charge in [0.1, 0.15) is 11.9 Å². The molecule has 5 rings (SSSR count). The minimum Gasteiger partial charge on any atom is -0.345 e. The molecule has 2 aliphatic heterocycles. The molecule has 0 spiro atoms. The van der Waals surface area contributed by atoms with Crippen LogP contribution < -0.4 is 4.90 Å². The predicted octanol–water partition coefficient (Wildman–Crippen LogP) is 5.14. The van der Waals surface area contributed by atoms with Crippen molar-refractivity contribution in [3.05, 3.63) is 74.2 Å². The van der Waals surface area contributed by atoms with E-state index in [0.717, 1.165) is 24.9 Å². The summed E-state index contributed by atoms with van der Waals surface area (Å²) >= 11 is 0. The number of nitro groups is 2. The second-order valence-corrected chi connectivity index (χ2v) is 8.29. The SMILES string of the molecule is C[C@@H]1O[C@]23CCCCC[C@]2([N-][N+](c2ccc([N+](=O)[O-])cc2)=N3)N1c1ccc([N+](=O)[O-])cc1. The molecule has 0 radical (unpaired) electrons. The van der Waals surface area contributed by atoms with E-state index in [1.165, 1.54) is 29.1 Å². The van der Waals surface area contributed by atoms with E-state index in [2.05, 4.69) is 4.90 Å². The third-order valence-electron chi connectivity index (χ3n) is 6.44. The Kier molecular flexibility index (Phi) is 4.59. The van der Waals surface area contributed by atoms with Crippen molar-refractivity contribution in [2.45, 2.75) is 56.6 Å². The van der Waals surface area contributed by atoms with Crippen molar-refractivity contribution < 1.29 is 19.4 Å². The predicted molar refractivity (Wildman–Crippen MR) is 113 cm³/mol. The fraction of sp³-hybridized carbons (Fsp3) is 0.429. The molecule has 0 N–H and O–H groups in total. The van der Waals surface area contributed by atoms with Crippen molar-refractivity contribution in [3.8, 4) is 0 Å². The summed E-state index contributed by atoms with van der Waals surface area (Å²) in [7, 11) is 0. The second kappa shape index (κ2) is 7.23. The molecule has 2 heterocycles. The lowest BCUT2D eigenvalue weighted by Crippen LogP contribution is -2.54. The van der Waals surface area contributed by atoms with Crippen LogP contribution in [0.2, 0.25) is 0 Å². The summed E-state index contributed by atoms with van der Waals surface area (Å²) in [5.41, 5.74) is 4.73. The van der Waals surface area contributed by atoms with Gasteiger partial charge in [0.25, 0.3) is 11.4 Å². The topological polar surface area (TPSA) is 128 Å². The lowest BCUT2D eigenvalue weighted by atomic mass is 9.91. The summed E-state index contributed by atoms with van der Waals surface area (Å²) in [6.45, 7) is 1.94. The molecule has 1 aliphatic carbocycles. The zero-order chi connectivity index (χ0) is 22.5. The molecule has 166 valence electrons. The van der Waals surface area contributed by atoms with Crippen molar-refractivity contribution in [2.24, 2.45) is 5.11 Å². The van der Waals surface area contributed by atoms with Gasteiger partial charge < -0.3 is 9.64 Å². The maximum Gasteiger partial charge on any atom is 0.269 e. The summed E-state index contributed by atoms with van der Waals surface area (Å²) in [5.74, 6) is 0. The van der Waals surface area contributed by atoms with Crippen molar-refractivity contribution in [1.29, 1.82) is 0 Å². The highest BCUT2D eigenvalue weighted by atomic mass is 16.6. The van der Waals surface area contributed by atoms with Crippen molar-refractivity contribution in [1.82, 2.24) is 0 Å². The van der Waals surface area contributed by atoms with Crippen LogP contribution in [0.3, 0.4) is 0 Å². The number of hydrogen-bond donors (Lipinski definition) is 0. The van der Waals surface area contributed by atoms with E-state index in [1.54, 1.807) is 24.3 Å². The van der Waals surface area contributed by atoms with Gasteiger partial charge in [0.05, 0.1) is 9.85 Å². The van der Waals surface area contributed by atoms with E-state index in [9.17, 15) is 20.2 Å². The molecule has 1 saturated heterocycles. The first-order chi connectivity index (χ1) is 15.4. The largest absolute Gasteiger partial charge is 0.345 e. The molecule has 2 aromatic rings. The lowest BCUT2D eigenvalue weighted by Gasteiger charge is -2.43. The van der Waals surface area contributed by atoms with Crippen LogP contribution in [0.15, 0.2) is 53.6 Å². The molecule has 11 heteroatoms. The fourth-order valence-corrected chi connectivity index (χ4v) is 5.05. The number of hydrogen-bond acceptors (Lipinski definition) is 7. The zero-order valence-corrected chi connectivity index (χ0v) is 17.5. The van der Waals surface area contributed by atoms with Crippen LogP contribution in [0.4, 0.5) is 22.7 Å². The smallest absolute Gasteiger partial charge is 0.269 e. The van der Waals surface area contributed by atoms with Gasteiger partial charge in [-0.1, -0.05) is 19.3 Å². The molecular weight excluding hydrogens is 416 g/mol. The lowest BCUT2D eigenvalue weighted by molar-refractivity contribution is -0.462. The van der Waals surface area contributed by atoms with Gasteiger partial charge in [-0.15, -0.1) is 4.81 Å². The molecular formula is C21H22N6O5. The van der Waals surface area contributed by atoms with E-state index in [0.29, 0.717) is 18.5 Å². The highest BCUT2D eigenvalue weighted by Crippen LogP contribution is 2.58. The maximum absolute atomic E-state index is 11.1. The standard InChI is InChI=1S/C21H22N6O5/c1-15-24(16-5-9-18(10-6-16)26(28)29)20-13-3-2-4-14-21(20,32-15)23-25(22-20)17-7-11-19(12-8-17)27(30)31/h5-12,15H,2-4,13-14H2,1H3/t15-,20-,21+/m0/s1. The molecule has 0 unspecified atom stereocenters. The quantitative estimate of drug-likeness (QED) is 0.369. The molecule has 11 nitrogen and oxygen atoms in total. The van der Waals surface area contributed by atoms with Crippen molar-refractivity contribution in [2.75, 3.05) is 4.90 Å². The minimum absolute atomic E-state index is 0.00365. The average Bonchev–Trinajstić information content (AvgIpc) is 3.12. The van der Waals surface area contributed by atoms with Crippen LogP contribution in [0, 0.1) is 20.2 Å². The zero-order valence-electron chi connectivity index (χ0n) is 17.5. The number of benzene rings is 2. The van der Waals surface area contributed by atoms with Crippen LogP contribution in [-0.2, 0) is 4.74 Å². The first kappa shape index (κ1) is 20.3. The molecule has 2 aromatic carbocycles.